The number of rotatable bonds is 4. The van der Waals surface area contributed by atoms with Crippen LogP contribution in [-0.4, -0.2) is 37.4 Å². The molecule has 0 aromatic heterocycles. The molecule has 1 aliphatic heterocycles. The third-order valence-corrected chi connectivity index (χ3v) is 3.49. The SMILES string of the molecule is CN=C(NC)NCc1ccc(CN2CCCC2=O)cc1. The van der Waals surface area contributed by atoms with E-state index < -0.39 is 0 Å². The van der Waals surface area contributed by atoms with Gasteiger partial charge in [0.1, 0.15) is 0 Å². The maximum absolute atomic E-state index is 11.6. The van der Waals surface area contributed by atoms with E-state index in [1.807, 2.05) is 11.9 Å². The monoisotopic (exact) mass is 274 g/mol. The van der Waals surface area contributed by atoms with Gasteiger partial charge in [-0.05, 0) is 17.5 Å². The van der Waals surface area contributed by atoms with Gasteiger partial charge in [0.05, 0.1) is 0 Å². The summed E-state index contributed by atoms with van der Waals surface area (Å²) in [4.78, 5) is 17.6. The number of aliphatic imine (C=N–C) groups is 1. The standard InChI is InChI=1S/C15H22N4O/c1-16-15(17-2)18-10-12-5-7-13(8-6-12)11-19-9-3-4-14(19)20/h5-8H,3-4,9-11H2,1-2H3,(H2,16,17,18). The Morgan fingerprint density at radius 1 is 1.30 bits per heavy atom. The zero-order valence-corrected chi connectivity index (χ0v) is 12.1. The first-order valence-electron chi connectivity index (χ1n) is 6.97. The van der Waals surface area contributed by atoms with Gasteiger partial charge in [0, 0.05) is 40.2 Å². The highest BCUT2D eigenvalue weighted by Crippen LogP contribution is 2.14. The third kappa shape index (κ3) is 3.73. The first-order valence-corrected chi connectivity index (χ1v) is 6.97. The number of carbonyl (C=O) groups excluding carboxylic acids is 1. The van der Waals surface area contributed by atoms with Gasteiger partial charge < -0.3 is 15.5 Å². The molecule has 1 heterocycles. The lowest BCUT2D eigenvalue weighted by molar-refractivity contribution is -0.128. The summed E-state index contributed by atoms with van der Waals surface area (Å²) in [5.41, 5.74) is 2.37. The number of benzene rings is 1. The topological polar surface area (TPSA) is 56.7 Å². The highest BCUT2D eigenvalue weighted by Gasteiger charge is 2.19. The van der Waals surface area contributed by atoms with Gasteiger partial charge >= 0.3 is 0 Å². The molecular weight excluding hydrogens is 252 g/mol. The van der Waals surface area contributed by atoms with Crippen molar-refractivity contribution in [1.82, 2.24) is 15.5 Å². The smallest absolute Gasteiger partial charge is 0.222 e. The molecule has 0 bridgehead atoms. The van der Waals surface area contributed by atoms with Crippen LogP contribution >= 0.6 is 0 Å². The summed E-state index contributed by atoms with van der Waals surface area (Å²) in [6, 6.07) is 8.35. The van der Waals surface area contributed by atoms with E-state index in [0.29, 0.717) is 6.42 Å². The van der Waals surface area contributed by atoms with Crippen molar-refractivity contribution in [3.8, 4) is 0 Å². The first-order chi connectivity index (χ1) is 9.72. The van der Waals surface area contributed by atoms with Crippen LogP contribution in [0, 0.1) is 0 Å². The molecule has 1 aromatic carbocycles. The molecule has 20 heavy (non-hydrogen) atoms. The number of carbonyl (C=O) groups is 1. The van der Waals surface area contributed by atoms with Gasteiger partial charge in [0.15, 0.2) is 5.96 Å². The summed E-state index contributed by atoms with van der Waals surface area (Å²) >= 11 is 0. The van der Waals surface area contributed by atoms with Gasteiger partial charge in [0.25, 0.3) is 0 Å². The largest absolute Gasteiger partial charge is 0.359 e. The average Bonchev–Trinajstić information content (AvgIpc) is 2.87. The van der Waals surface area contributed by atoms with Crippen LogP contribution in [0.15, 0.2) is 29.3 Å². The fraction of sp³-hybridized carbons (Fsp3) is 0.467. The minimum absolute atomic E-state index is 0.272. The average molecular weight is 274 g/mol. The lowest BCUT2D eigenvalue weighted by atomic mass is 10.1. The van der Waals surface area contributed by atoms with Gasteiger partial charge in [-0.15, -0.1) is 0 Å². The Hall–Kier alpha value is -2.04. The van der Waals surface area contributed by atoms with Crippen LogP contribution in [0.3, 0.4) is 0 Å². The minimum atomic E-state index is 0.272. The summed E-state index contributed by atoms with van der Waals surface area (Å²) < 4.78 is 0. The van der Waals surface area contributed by atoms with Crippen molar-refractivity contribution in [1.29, 1.82) is 0 Å². The van der Waals surface area contributed by atoms with Crippen LogP contribution in [0.2, 0.25) is 0 Å². The van der Waals surface area contributed by atoms with Crippen LogP contribution in [0.5, 0.6) is 0 Å². The molecule has 1 amide bonds. The van der Waals surface area contributed by atoms with Gasteiger partial charge in [0.2, 0.25) is 5.91 Å². The molecule has 0 unspecified atom stereocenters. The second kappa shape index (κ2) is 6.93. The Balaban J connectivity index is 1.88. The fourth-order valence-corrected chi connectivity index (χ4v) is 2.32. The third-order valence-electron chi connectivity index (χ3n) is 3.49. The van der Waals surface area contributed by atoms with Crippen LogP contribution < -0.4 is 10.6 Å². The quantitative estimate of drug-likeness (QED) is 0.638. The molecular formula is C15H22N4O. The van der Waals surface area contributed by atoms with Crippen molar-refractivity contribution in [3.63, 3.8) is 0 Å². The maximum Gasteiger partial charge on any atom is 0.222 e. The van der Waals surface area contributed by atoms with E-state index in [-0.39, 0.29) is 5.91 Å². The Labute approximate surface area is 120 Å². The Morgan fingerprint density at radius 3 is 2.55 bits per heavy atom. The predicted octanol–water partition coefficient (Wildman–Crippen LogP) is 1.10. The fourth-order valence-electron chi connectivity index (χ4n) is 2.32. The van der Waals surface area contributed by atoms with Gasteiger partial charge in [-0.1, -0.05) is 24.3 Å². The molecule has 5 nitrogen and oxygen atoms in total. The molecule has 1 fully saturated rings. The molecule has 2 rings (SSSR count). The molecule has 0 aliphatic carbocycles. The van der Waals surface area contributed by atoms with E-state index in [4.69, 9.17) is 0 Å². The van der Waals surface area contributed by atoms with E-state index in [2.05, 4.69) is 39.9 Å². The highest BCUT2D eigenvalue weighted by atomic mass is 16.2. The Kier molecular flexibility index (Phi) is 4.98. The summed E-state index contributed by atoms with van der Waals surface area (Å²) in [7, 11) is 3.58. The lowest BCUT2D eigenvalue weighted by Gasteiger charge is -2.15. The van der Waals surface area contributed by atoms with Crippen LogP contribution in [0.25, 0.3) is 0 Å². The number of guanidine groups is 1. The highest BCUT2D eigenvalue weighted by molar-refractivity contribution is 5.79. The zero-order chi connectivity index (χ0) is 14.4. The number of hydrogen-bond donors (Lipinski definition) is 2. The van der Waals surface area contributed by atoms with Crippen LogP contribution in [0.4, 0.5) is 0 Å². The second-order valence-electron chi connectivity index (χ2n) is 4.91. The Bertz CT molecular complexity index is 481. The summed E-state index contributed by atoms with van der Waals surface area (Å²) in [6.07, 6.45) is 1.69. The zero-order valence-electron chi connectivity index (χ0n) is 12.1. The van der Waals surface area contributed by atoms with Gasteiger partial charge in [-0.25, -0.2) is 0 Å². The molecule has 0 radical (unpaired) electrons. The molecule has 1 aliphatic rings. The number of nitrogens with one attached hydrogen (secondary N) is 2. The summed E-state index contributed by atoms with van der Waals surface area (Å²) in [5, 5.41) is 6.19. The van der Waals surface area contributed by atoms with Crippen molar-refractivity contribution in [2.45, 2.75) is 25.9 Å². The van der Waals surface area contributed by atoms with Crippen LogP contribution in [0.1, 0.15) is 24.0 Å². The van der Waals surface area contributed by atoms with Gasteiger partial charge in [-0.2, -0.15) is 0 Å². The first kappa shape index (κ1) is 14.4. The predicted molar refractivity (Wildman–Crippen MR) is 80.4 cm³/mol. The lowest BCUT2D eigenvalue weighted by Crippen LogP contribution is -2.34. The van der Waals surface area contributed by atoms with E-state index in [0.717, 1.165) is 32.0 Å². The molecule has 1 aromatic rings. The Morgan fingerprint density at radius 2 is 2.00 bits per heavy atom. The summed E-state index contributed by atoms with van der Waals surface area (Å²) in [6.45, 7) is 2.35. The normalized spacial score (nSPS) is 15.6. The van der Waals surface area contributed by atoms with Crippen LogP contribution in [-0.2, 0) is 17.9 Å². The van der Waals surface area contributed by atoms with E-state index >= 15 is 0 Å². The maximum atomic E-state index is 11.6. The van der Waals surface area contributed by atoms with E-state index in [1.165, 1.54) is 11.1 Å². The molecule has 0 spiro atoms. The molecule has 108 valence electrons. The van der Waals surface area contributed by atoms with E-state index in [1.54, 1.807) is 7.05 Å². The number of hydrogen-bond acceptors (Lipinski definition) is 2. The minimum Gasteiger partial charge on any atom is -0.359 e. The molecule has 2 N–H and O–H groups in total. The number of likely N-dealkylation sites (tertiary alicyclic amines) is 1. The molecule has 0 saturated carbocycles. The van der Waals surface area contributed by atoms with E-state index in [9.17, 15) is 4.79 Å². The molecule has 0 atom stereocenters. The van der Waals surface area contributed by atoms with Crippen molar-refractivity contribution >= 4 is 11.9 Å². The molecule has 5 heteroatoms. The number of amides is 1. The van der Waals surface area contributed by atoms with Crippen molar-refractivity contribution in [2.75, 3.05) is 20.6 Å². The summed E-state index contributed by atoms with van der Waals surface area (Å²) in [5.74, 6) is 1.05. The van der Waals surface area contributed by atoms with Crippen molar-refractivity contribution < 1.29 is 4.79 Å². The van der Waals surface area contributed by atoms with Crippen molar-refractivity contribution in [3.05, 3.63) is 35.4 Å². The van der Waals surface area contributed by atoms with Crippen molar-refractivity contribution in [2.24, 2.45) is 4.99 Å². The second-order valence-corrected chi connectivity index (χ2v) is 4.91. The number of nitrogens with zero attached hydrogens (tertiary/aromatic N) is 2. The molecule has 1 saturated heterocycles. The van der Waals surface area contributed by atoms with Gasteiger partial charge in [-0.3, -0.25) is 9.79 Å².